The molecule has 0 aromatic heterocycles. The average molecular weight is 329 g/mol. The molecule has 0 aliphatic carbocycles. The molecule has 122 valence electrons. The Hall–Kier alpha value is -1.47. The van der Waals surface area contributed by atoms with Crippen LogP contribution in [0.5, 0.6) is 0 Å². The Morgan fingerprint density at radius 2 is 2.18 bits per heavy atom. The van der Waals surface area contributed by atoms with Crippen molar-refractivity contribution in [1.82, 2.24) is 4.31 Å². The van der Waals surface area contributed by atoms with Gasteiger partial charge in [0, 0.05) is 13.1 Å². The number of sulfonamides is 1. The van der Waals surface area contributed by atoms with Gasteiger partial charge in [-0.2, -0.15) is 4.31 Å². The van der Waals surface area contributed by atoms with Crippen LogP contribution in [-0.2, 0) is 19.6 Å². The molecule has 1 aliphatic rings. The second-order valence-corrected chi connectivity index (χ2v) is 7.27. The normalized spacial score (nSPS) is 19.9. The summed E-state index contributed by atoms with van der Waals surface area (Å²) in [5.41, 5.74) is 0.486. The molecule has 0 spiro atoms. The van der Waals surface area contributed by atoms with Crippen LogP contribution in [0.15, 0.2) is 23.1 Å². The number of hydrogen-bond donors (Lipinski definition) is 0. The van der Waals surface area contributed by atoms with Gasteiger partial charge in [-0.15, -0.1) is 0 Å². The molecule has 0 radical (unpaired) electrons. The zero-order valence-electron chi connectivity index (χ0n) is 12.7. The fourth-order valence-corrected chi connectivity index (χ4v) is 4.36. The molecular formula is C15H20FNO4S. The number of hydrogen-bond acceptors (Lipinski definition) is 4. The van der Waals surface area contributed by atoms with E-state index in [0.29, 0.717) is 24.9 Å². The average Bonchev–Trinajstić information content (AvgIpc) is 2.50. The van der Waals surface area contributed by atoms with Crippen molar-refractivity contribution >= 4 is 16.0 Å². The summed E-state index contributed by atoms with van der Waals surface area (Å²) in [6, 6.07) is 3.69. The third-order valence-corrected chi connectivity index (χ3v) is 5.78. The van der Waals surface area contributed by atoms with Crippen LogP contribution in [0.25, 0.3) is 0 Å². The number of halogens is 1. The summed E-state index contributed by atoms with van der Waals surface area (Å²) >= 11 is 0. The van der Waals surface area contributed by atoms with E-state index in [4.69, 9.17) is 4.74 Å². The van der Waals surface area contributed by atoms with E-state index in [0.717, 1.165) is 6.07 Å². The molecule has 22 heavy (non-hydrogen) atoms. The Morgan fingerprint density at radius 3 is 2.86 bits per heavy atom. The fraction of sp³-hybridized carbons (Fsp3) is 0.533. The van der Waals surface area contributed by atoms with Crippen LogP contribution in [0.4, 0.5) is 4.39 Å². The first-order chi connectivity index (χ1) is 10.4. The van der Waals surface area contributed by atoms with E-state index in [2.05, 4.69) is 0 Å². The molecule has 2 rings (SSSR count). The highest BCUT2D eigenvalue weighted by molar-refractivity contribution is 7.89. The molecule has 0 saturated carbocycles. The van der Waals surface area contributed by atoms with E-state index in [-0.39, 0.29) is 24.0 Å². The molecule has 1 fully saturated rings. The molecule has 1 saturated heterocycles. The van der Waals surface area contributed by atoms with Crippen molar-refractivity contribution in [3.05, 3.63) is 29.6 Å². The highest BCUT2D eigenvalue weighted by atomic mass is 32.2. The predicted molar refractivity (Wildman–Crippen MR) is 79.3 cm³/mol. The highest BCUT2D eigenvalue weighted by Crippen LogP contribution is 2.26. The standard InChI is InChI=1S/C15H20FNO4S/c1-3-21-15(18)12-5-4-8-17(10-12)22(19,20)14-9-13(16)7-6-11(14)2/h6-7,9,12H,3-5,8,10H2,1-2H3/t12-/m0/s1. The first kappa shape index (κ1) is 16.9. The van der Waals surface area contributed by atoms with Crippen LogP contribution in [0.3, 0.4) is 0 Å². The van der Waals surface area contributed by atoms with Crippen LogP contribution in [0.1, 0.15) is 25.3 Å². The first-order valence-corrected chi connectivity index (χ1v) is 8.73. The van der Waals surface area contributed by atoms with E-state index in [1.54, 1.807) is 13.8 Å². The monoisotopic (exact) mass is 329 g/mol. The minimum atomic E-state index is -3.81. The molecule has 1 aromatic carbocycles. The lowest BCUT2D eigenvalue weighted by molar-refractivity contribution is -0.149. The quantitative estimate of drug-likeness (QED) is 0.794. The van der Waals surface area contributed by atoms with Crippen LogP contribution < -0.4 is 0 Å². The van der Waals surface area contributed by atoms with E-state index in [1.165, 1.54) is 16.4 Å². The molecule has 5 nitrogen and oxygen atoms in total. The maximum absolute atomic E-state index is 13.4. The van der Waals surface area contributed by atoms with E-state index >= 15 is 0 Å². The summed E-state index contributed by atoms with van der Waals surface area (Å²) in [5, 5.41) is 0. The number of benzene rings is 1. The largest absolute Gasteiger partial charge is 0.466 e. The number of nitrogens with zero attached hydrogens (tertiary/aromatic N) is 1. The molecule has 7 heteroatoms. The lowest BCUT2D eigenvalue weighted by atomic mass is 10.0. The Kier molecular flexibility index (Phi) is 5.18. The van der Waals surface area contributed by atoms with Gasteiger partial charge < -0.3 is 4.74 Å². The van der Waals surface area contributed by atoms with Crippen molar-refractivity contribution in [2.75, 3.05) is 19.7 Å². The Labute approximate surface area is 130 Å². The molecule has 0 bridgehead atoms. The number of ether oxygens (including phenoxy) is 1. The summed E-state index contributed by atoms with van der Waals surface area (Å²) in [6.45, 7) is 4.01. The molecule has 1 aromatic rings. The Bertz CT molecular complexity index is 660. The molecular weight excluding hydrogens is 309 g/mol. The number of carbonyl (C=O) groups is 1. The van der Waals surface area contributed by atoms with Gasteiger partial charge in [0.05, 0.1) is 17.4 Å². The van der Waals surface area contributed by atoms with Gasteiger partial charge in [-0.25, -0.2) is 12.8 Å². The Morgan fingerprint density at radius 1 is 1.45 bits per heavy atom. The first-order valence-electron chi connectivity index (χ1n) is 7.29. The Balaban J connectivity index is 2.25. The summed E-state index contributed by atoms with van der Waals surface area (Å²) in [5.74, 6) is -1.43. The van der Waals surface area contributed by atoms with Crippen molar-refractivity contribution in [2.45, 2.75) is 31.6 Å². The van der Waals surface area contributed by atoms with Gasteiger partial charge in [-0.1, -0.05) is 6.07 Å². The lowest BCUT2D eigenvalue weighted by Crippen LogP contribution is -2.42. The molecule has 0 amide bonds. The maximum Gasteiger partial charge on any atom is 0.310 e. The fourth-order valence-electron chi connectivity index (χ4n) is 2.60. The van der Waals surface area contributed by atoms with Gasteiger partial charge in [0.2, 0.25) is 10.0 Å². The van der Waals surface area contributed by atoms with Gasteiger partial charge >= 0.3 is 5.97 Å². The maximum atomic E-state index is 13.4. The number of esters is 1. The lowest BCUT2D eigenvalue weighted by Gasteiger charge is -2.31. The summed E-state index contributed by atoms with van der Waals surface area (Å²) in [6.07, 6.45) is 1.18. The number of piperidine rings is 1. The van der Waals surface area contributed by atoms with Crippen LogP contribution in [0.2, 0.25) is 0 Å². The predicted octanol–water partition coefficient (Wildman–Crippen LogP) is 2.10. The summed E-state index contributed by atoms with van der Waals surface area (Å²) in [7, 11) is -3.81. The van der Waals surface area contributed by atoms with Crippen LogP contribution in [-0.4, -0.2) is 38.4 Å². The molecule has 1 heterocycles. The molecule has 0 N–H and O–H groups in total. The molecule has 0 unspecified atom stereocenters. The van der Waals surface area contributed by atoms with Crippen molar-refractivity contribution in [3.63, 3.8) is 0 Å². The van der Waals surface area contributed by atoms with Gasteiger partial charge in [0.1, 0.15) is 5.82 Å². The zero-order valence-corrected chi connectivity index (χ0v) is 13.5. The minimum Gasteiger partial charge on any atom is -0.466 e. The van der Waals surface area contributed by atoms with Crippen molar-refractivity contribution < 1.29 is 22.3 Å². The second kappa shape index (κ2) is 6.75. The topological polar surface area (TPSA) is 63.7 Å². The van der Waals surface area contributed by atoms with Crippen LogP contribution in [0, 0.1) is 18.7 Å². The molecule has 1 aliphatic heterocycles. The van der Waals surface area contributed by atoms with Gasteiger partial charge in [-0.3, -0.25) is 4.79 Å². The van der Waals surface area contributed by atoms with E-state index in [9.17, 15) is 17.6 Å². The van der Waals surface area contributed by atoms with E-state index in [1.807, 2.05) is 0 Å². The summed E-state index contributed by atoms with van der Waals surface area (Å²) in [4.78, 5) is 11.8. The zero-order chi connectivity index (χ0) is 16.3. The summed E-state index contributed by atoms with van der Waals surface area (Å²) < 4.78 is 45.0. The van der Waals surface area contributed by atoms with Crippen molar-refractivity contribution in [2.24, 2.45) is 5.92 Å². The number of rotatable bonds is 4. The van der Waals surface area contributed by atoms with Gasteiger partial charge in [-0.05, 0) is 44.4 Å². The van der Waals surface area contributed by atoms with E-state index < -0.39 is 21.8 Å². The highest BCUT2D eigenvalue weighted by Gasteiger charge is 2.34. The van der Waals surface area contributed by atoms with Crippen molar-refractivity contribution in [1.29, 1.82) is 0 Å². The van der Waals surface area contributed by atoms with Crippen LogP contribution >= 0.6 is 0 Å². The third-order valence-electron chi connectivity index (χ3n) is 3.77. The third kappa shape index (κ3) is 3.47. The number of aryl methyl sites for hydroxylation is 1. The SMILES string of the molecule is CCOC(=O)[C@H]1CCCN(S(=O)(=O)c2cc(F)ccc2C)C1. The van der Waals surface area contributed by atoms with Gasteiger partial charge in [0.15, 0.2) is 0 Å². The van der Waals surface area contributed by atoms with Gasteiger partial charge in [0.25, 0.3) is 0 Å². The number of carbonyl (C=O) groups excluding carboxylic acids is 1. The van der Waals surface area contributed by atoms with Crippen molar-refractivity contribution in [3.8, 4) is 0 Å². The smallest absolute Gasteiger partial charge is 0.310 e. The molecule has 1 atom stereocenters. The second-order valence-electron chi connectivity index (χ2n) is 5.36. The minimum absolute atomic E-state index is 0.0444.